The highest BCUT2D eigenvalue weighted by Gasteiger charge is 2.28. The molecule has 46 heavy (non-hydrogen) atoms. The van der Waals surface area contributed by atoms with Gasteiger partial charge < -0.3 is 31.9 Å². The minimum absolute atomic E-state index is 0.0143. The van der Waals surface area contributed by atoms with E-state index in [1.165, 1.54) is 56.7 Å². The SMILES string of the molecule is COc1cc(-c2ccc(OS(C)(=O)=O)cc2)c(OC)c(OS(C)(=O)=O)c1-c1cc(O)c(OCc2ccccc2)c(OS(C)(=O)=O)c1. The van der Waals surface area contributed by atoms with Crippen molar-refractivity contribution in [3.8, 4) is 62.5 Å². The van der Waals surface area contributed by atoms with Gasteiger partial charge in [-0.25, -0.2) is 0 Å². The maximum absolute atomic E-state index is 12.5. The molecule has 0 bridgehead atoms. The Morgan fingerprint density at radius 1 is 0.609 bits per heavy atom. The number of benzene rings is 4. The Hall–Kier alpha value is -4.67. The summed E-state index contributed by atoms with van der Waals surface area (Å²) in [5.74, 6) is -1.62. The molecule has 16 heteroatoms. The van der Waals surface area contributed by atoms with E-state index in [1.807, 2.05) is 0 Å². The summed E-state index contributed by atoms with van der Waals surface area (Å²) in [7, 11) is -9.60. The summed E-state index contributed by atoms with van der Waals surface area (Å²) in [5.41, 5.74) is 1.38. The second-order valence-electron chi connectivity index (χ2n) is 9.85. The molecule has 0 aromatic heterocycles. The van der Waals surface area contributed by atoms with Crippen molar-refractivity contribution in [1.82, 2.24) is 0 Å². The molecule has 0 radical (unpaired) electrons. The molecule has 13 nitrogen and oxygen atoms in total. The Morgan fingerprint density at radius 3 is 1.76 bits per heavy atom. The van der Waals surface area contributed by atoms with Crippen molar-refractivity contribution in [2.75, 3.05) is 33.0 Å². The van der Waals surface area contributed by atoms with E-state index in [4.69, 9.17) is 26.8 Å². The molecule has 0 aliphatic heterocycles. The number of aromatic hydroxyl groups is 1. The molecule has 0 atom stereocenters. The van der Waals surface area contributed by atoms with Gasteiger partial charge in [0.05, 0.1) is 38.6 Å². The average molecular weight is 695 g/mol. The predicted molar refractivity (Wildman–Crippen MR) is 169 cm³/mol. The van der Waals surface area contributed by atoms with Crippen LogP contribution in [0.1, 0.15) is 5.56 Å². The smallest absolute Gasteiger partial charge is 0.306 e. The quantitative estimate of drug-likeness (QED) is 0.196. The van der Waals surface area contributed by atoms with Gasteiger partial charge in [-0.1, -0.05) is 42.5 Å². The van der Waals surface area contributed by atoms with E-state index in [0.29, 0.717) is 5.56 Å². The van der Waals surface area contributed by atoms with E-state index in [-0.39, 0.29) is 52.0 Å². The van der Waals surface area contributed by atoms with E-state index in [1.54, 1.807) is 30.3 Å². The number of phenols is 1. The summed E-state index contributed by atoms with van der Waals surface area (Å²) in [5, 5.41) is 11.1. The number of methoxy groups -OCH3 is 2. The van der Waals surface area contributed by atoms with Gasteiger partial charge in [0.25, 0.3) is 0 Å². The molecule has 0 saturated carbocycles. The highest BCUT2D eigenvalue weighted by Crippen LogP contribution is 2.53. The number of rotatable bonds is 13. The molecule has 0 heterocycles. The minimum atomic E-state index is -4.22. The van der Waals surface area contributed by atoms with Crippen LogP contribution in [-0.4, -0.2) is 63.3 Å². The van der Waals surface area contributed by atoms with Crippen LogP contribution in [-0.2, 0) is 37.0 Å². The largest absolute Gasteiger partial charge is 0.504 e. The maximum atomic E-state index is 12.5. The Labute approximate surface area is 267 Å². The molecule has 0 amide bonds. The topological polar surface area (TPSA) is 178 Å². The molecular formula is C30H30O13S3. The molecule has 4 aromatic rings. The fourth-order valence-corrected chi connectivity index (χ4v) is 5.77. The average Bonchev–Trinajstić information content (AvgIpc) is 2.94. The Morgan fingerprint density at radius 2 is 1.22 bits per heavy atom. The zero-order chi connectivity index (χ0) is 33.9. The molecule has 1 N–H and O–H groups in total. The maximum Gasteiger partial charge on any atom is 0.306 e. The van der Waals surface area contributed by atoms with Gasteiger partial charge in [0.2, 0.25) is 5.75 Å². The van der Waals surface area contributed by atoms with E-state index < -0.39 is 41.9 Å². The monoisotopic (exact) mass is 694 g/mol. The van der Waals surface area contributed by atoms with Crippen LogP contribution in [0.3, 0.4) is 0 Å². The molecule has 0 aliphatic rings. The highest BCUT2D eigenvalue weighted by atomic mass is 32.2. The van der Waals surface area contributed by atoms with Crippen LogP contribution in [0.5, 0.6) is 40.2 Å². The molecular weight excluding hydrogens is 665 g/mol. The van der Waals surface area contributed by atoms with E-state index in [9.17, 15) is 30.4 Å². The lowest BCUT2D eigenvalue weighted by Crippen LogP contribution is -2.10. The van der Waals surface area contributed by atoms with Crippen molar-refractivity contribution < 1.29 is 57.1 Å². The zero-order valence-electron chi connectivity index (χ0n) is 25.2. The molecule has 4 aromatic carbocycles. The molecule has 0 aliphatic carbocycles. The first-order valence-electron chi connectivity index (χ1n) is 13.1. The summed E-state index contributed by atoms with van der Waals surface area (Å²) >= 11 is 0. The van der Waals surface area contributed by atoms with Crippen LogP contribution >= 0.6 is 0 Å². The van der Waals surface area contributed by atoms with Gasteiger partial charge in [0, 0.05) is 5.56 Å². The normalized spacial score (nSPS) is 11.8. The van der Waals surface area contributed by atoms with E-state index in [0.717, 1.165) is 24.3 Å². The molecule has 4 rings (SSSR count). The third-order valence-electron chi connectivity index (χ3n) is 6.06. The van der Waals surface area contributed by atoms with Crippen LogP contribution in [0.4, 0.5) is 0 Å². The number of ether oxygens (including phenoxy) is 3. The van der Waals surface area contributed by atoms with Gasteiger partial charge in [-0.2, -0.15) is 25.3 Å². The van der Waals surface area contributed by atoms with Gasteiger partial charge in [-0.3, -0.25) is 0 Å². The lowest BCUT2D eigenvalue weighted by atomic mass is 9.96. The van der Waals surface area contributed by atoms with Crippen molar-refractivity contribution in [1.29, 1.82) is 0 Å². The van der Waals surface area contributed by atoms with Crippen LogP contribution < -0.4 is 26.8 Å². The zero-order valence-corrected chi connectivity index (χ0v) is 27.7. The van der Waals surface area contributed by atoms with Gasteiger partial charge in [0.1, 0.15) is 18.1 Å². The lowest BCUT2D eigenvalue weighted by molar-refractivity contribution is 0.280. The Balaban J connectivity index is 1.95. The molecule has 0 fully saturated rings. The lowest BCUT2D eigenvalue weighted by Gasteiger charge is -2.21. The number of hydrogen-bond donors (Lipinski definition) is 1. The number of phenolic OH excluding ortho intramolecular Hbond substituents is 1. The first kappa shape index (κ1) is 34.2. The predicted octanol–water partition coefficient (Wildman–Crippen LogP) is 4.34. The van der Waals surface area contributed by atoms with Crippen LogP contribution in [0, 0.1) is 0 Å². The molecule has 0 unspecified atom stereocenters. The third kappa shape index (κ3) is 8.74. The molecule has 0 saturated heterocycles. The van der Waals surface area contributed by atoms with Crippen molar-refractivity contribution in [2.24, 2.45) is 0 Å². The molecule has 246 valence electrons. The minimum Gasteiger partial charge on any atom is -0.504 e. The van der Waals surface area contributed by atoms with Crippen LogP contribution in [0.25, 0.3) is 22.3 Å². The summed E-state index contributed by atoms with van der Waals surface area (Å²) in [4.78, 5) is 0. The van der Waals surface area contributed by atoms with Crippen molar-refractivity contribution in [2.45, 2.75) is 6.61 Å². The standard InChI is InChI=1S/C30H30O13S3/c1-38-25-17-23(20-11-13-22(14-12-20)41-44(3,32)33)28(39-2)30(43-46(5,36)37)27(25)21-15-24(31)29(26(16-21)42-45(4,34)35)40-18-19-9-7-6-8-10-19/h6-17,31H,18H2,1-5H3. The third-order valence-corrected chi connectivity index (χ3v) is 7.51. The summed E-state index contributed by atoms with van der Waals surface area (Å²) in [6.45, 7) is -0.0455. The van der Waals surface area contributed by atoms with E-state index in [2.05, 4.69) is 0 Å². The van der Waals surface area contributed by atoms with Gasteiger partial charge in [-0.15, -0.1) is 0 Å². The van der Waals surface area contributed by atoms with E-state index >= 15 is 0 Å². The van der Waals surface area contributed by atoms with Gasteiger partial charge >= 0.3 is 30.4 Å². The molecule has 0 spiro atoms. The van der Waals surface area contributed by atoms with Crippen molar-refractivity contribution >= 4 is 30.4 Å². The summed E-state index contributed by atoms with van der Waals surface area (Å²) < 4.78 is 105. The number of hydrogen-bond acceptors (Lipinski definition) is 13. The van der Waals surface area contributed by atoms with Crippen molar-refractivity contribution in [3.63, 3.8) is 0 Å². The van der Waals surface area contributed by atoms with Gasteiger partial charge in [-0.05, 0) is 47.0 Å². The fourth-order valence-electron chi connectivity index (χ4n) is 4.40. The van der Waals surface area contributed by atoms with Crippen molar-refractivity contribution in [3.05, 3.63) is 78.4 Å². The van der Waals surface area contributed by atoms with Crippen LogP contribution in [0.2, 0.25) is 0 Å². The first-order valence-corrected chi connectivity index (χ1v) is 18.5. The Bertz CT molecular complexity index is 2060. The summed E-state index contributed by atoms with van der Waals surface area (Å²) in [6, 6.07) is 18.6. The summed E-state index contributed by atoms with van der Waals surface area (Å²) in [6.07, 6.45) is 2.51. The second-order valence-corrected chi connectivity index (χ2v) is 14.6. The first-order chi connectivity index (χ1) is 21.5. The van der Waals surface area contributed by atoms with Crippen LogP contribution in [0.15, 0.2) is 72.8 Å². The second kappa shape index (κ2) is 13.4. The highest BCUT2D eigenvalue weighted by molar-refractivity contribution is 7.86. The Kier molecular flexibility index (Phi) is 9.94. The fraction of sp³-hybridized carbons (Fsp3) is 0.200. The van der Waals surface area contributed by atoms with Gasteiger partial charge in [0.15, 0.2) is 23.0 Å².